The molecule has 2 aromatic carbocycles. The minimum absolute atomic E-state index is 0.0798. The Morgan fingerprint density at radius 2 is 1.59 bits per heavy atom. The van der Waals surface area contributed by atoms with E-state index >= 15 is 0 Å². The van der Waals surface area contributed by atoms with Crippen molar-refractivity contribution >= 4 is 35.3 Å². The lowest BCUT2D eigenvalue weighted by atomic mass is 9.95. The number of ether oxygens (including phenoxy) is 2. The van der Waals surface area contributed by atoms with Gasteiger partial charge in [0.15, 0.2) is 17.5 Å². The zero-order valence-corrected chi connectivity index (χ0v) is 19.0. The van der Waals surface area contributed by atoms with Crippen LogP contribution in [0.15, 0.2) is 47.4 Å². The summed E-state index contributed by atoms with van der Waals surface area (Å²) in [5, 5.41) is 0. The lowest BCUT2D eigenvalue weighted by Gasteiger charge is -2.15. The number of hydrogen-bond acceptors (Lipinski definition) is 7. The first-order valence-corrected chi connectivity index (χ1v) is 11.7. The second kappa shape index (κ2) is 11.1. The molecule has 1 aliphatic heterocycles. The third kappa shape index (κ3) is 5.46. The molecule has 0 atom stereocenters. The summed E-state index contributed by atoms with van der Waals surface area (Å²) in [4.78, 5) is 51.4. The van der Waals surface area contributed by atoms with Gasteiger partial charge in [-0.15, -0.1) is 11.8 Å². The number of ketones is 2. The molecule has 32 heavy (non-hydrogen) atoms. The number of fused-ring (bicyclic) bond motifs is 2. The lowest BCUT2D eigenvalue weighted by Crippen LogP contribution is -2.30. The Labute approximate surface area is 191 Å². The maximum atomic E-state index is 13.0. The quantitative estimate of drug-likeness (QED) is 0.310. The van der Waals surface area contributed by atoms with Crippen molar-refractivity contribution in [3.05, 3.63) is 64.7 Å². The molecule has 0 unspecified atom stereocenters. The van der Waals surface area contributed by atoms with E-state index in [0.717, 1.165) is 5.56 Å². The molecule has 7 heteroatoms. The average Bonchev–Trinajstić information content (AvgIpc) is 2.95. The van der Waals surface area contributed by atoms with Crippen molar-refractivity contribution in [2.75, 3.05) is 13.2 Å². The van der Waals surface area contributed by atoms with Gasteiger partial charge in [0.2, 0.25) is 0 Å². The van der Waals surface area contributed by atoms with Crippen molar-refractivity contribution in [1.82, 2.24) is 0 Å². The van der Waals surface area contributed by atoms with Crippen LogP contribution in [-0.4, -0.2) is 36.7 Å². The molecule has 1 heterocycles. The molecule has 6 nitrogen and oxygen atoms in total. The van der Waals surface area contributed by atoms with E-state index in [4.69, 9.17) is 9.47 Å². The minimum Gasteiger partial charge on any atom is -0.465 e. The van der Waals surface area contributed by atoms with Crippen molar-refractivity contribution in [1.29, 1.82) is 0 Å². The number of hydrogen-bond donors (Lipinski definition) is 0. The maximum Gasteiger partial charge on any atom is 0.320 e. The van der Waals surface area contributed by atoms with E-state index in [1.807, 2.05) is 32.0 Å². The molecule has 2 aromatic rings. The Morgan fingerprint density at radius 3 is 2.25 bits per heavy atom. The average molecular weight is 455 g/mol. The van der Waals surface area contributed by atoms with Crippen molar-refractivity contribution in [2.45, 2.75) is 43.8 Å². The predicted molar refractivity (Wildman–Crippen MR) is 121 cm³/mol. The third-order valence-electron chi connectivity index (χ3n) is 5.05. The first-order chi connectivity index (χ1) is 15.5. The van der Waals surface area contributed by atoms with Gasteiger partial charge in [-0.3, -0.25) is 19.2 Å². The molecule has 168 valence electrons. The van der Waals surface area contributed by atoms with Gasteiger partial charge in [-0.2, -0.15) is 0 Å². The number of carbonyl (C=O) groups excluding carboxylic acids is 4. The fraction of sp³-hybridized carbons (Fsp3) is 0.360. The van der Waals surface area contributed by atoms with Crippen LogP contribution in [0.4, 0.5) is 0 Å². The smallest absolute Gasteiger partial charge is 0.320 e. The number of rotatable bonds is 9. The summed E-state index contributed by atoms with van der Waals surface area (Å²) >= 11 is 1.48. The van der Waals surface area contributed by atoms with E-state index in [1.54, 1.807) is 24.3 Å². The molecule has 0 aliphatic carbocycles. The molecule has 0 bridgehead atoms. The van der Waals surface area contributed by atoms with Crippen molar-refractivity contribution in [3.8, 4) is 0 Å². The minimum atomic E-state index is -1.31. The standard InChI is InChI=1S/C25H26O6S/c1-3-11-30-24(28)20(25(29)31-12-4-2)14-21(26)16-9-10-19-22(13-16)32-15-17-7-5-6-8-18(17)23(19)27/h5-10,13,20H,3-4,11-12,14-15H2,1-2H3. The van der Waals surface area contributed by atoms with Crippen molar-refractivity contribution in [2.24, 2.45) is 5.92 Å². The Hall–Kier alpha value is -2.93. The van der Waals surface area contributed by atoms with E-state index in [1.165, 1.54) is 11.8 Å². The Morgan fingerprint density at radius 1 is 0.938 bits per heavy atom. The van der Waals surface area contributed by atoms with Crippen LogP contribution in [0.5, 0.6) is 0 Å². The third-order valence-corrected chi connectivity index (χ3v) is 6.15. The molecular weight excluding hydrogens is 428 g/mol. The Balaban J connectivity index is 1.81. The van der Waals surface area contributed by atoms with Crippen LogP contribution in [0.1, 0.15) is 65.0 Å². The summed E-state index contributed by atoms with van der Waals surface area (Å²) in [5.41, 5.74) is 2.49. The molecular formula is C25H26O6S. The summed E-state index contributed by atoms with van der Waals surface area (Å²) in [5.74, 6) is -2.66. The van der Waals surface area contributed by atoms with E-state index in [2.05, 4.69) is 0 Å². The molecule has 0 saturated heterocycles. The fourth-order valence-corrected chi connectivity index (χ4v) is 4.43. The normalized spacial score (nSPS) is 12.5. The van der Waals surface area contributed by atoms with Gasteiger partial charge >= 0.3 is 11.9 Å². The molecule has 0 radical (unpaired) electrons. The van der Waals surface area contributed by atoms with Crippen LogP contribution in [0, 0.1) is 5.92 Å². The summed E-state index contributed by atoms with van der Waals surface area (Å²) in [6.07, 6.45) is 0.868. The summed E-state index contributed by atoms with van der Waals surface area (Å²) in [6.45, 7) is 4.02. The molecule has 0 saturated carbocycles. The van der Waals surface area contributed by atoms with Crippen LogP contribution in [0.2, 0.25) is 0 Å². The summed E-state index contributed by atoms with van der Waals surface area (Å²) < 4.78 is 10.2. The van der Waals surface area contributed by atoms with Gasteiger partial charge in [0, 0.05) is 33.8 Å². The van der Waals surface area contributed by atoms with E-state index in [9.17, 15) is 19.2 Å². The first-order valence-electron chi connectivity index (χ1n) is 10.7. The van der Waals surface area contributed by atoms with Gasteiger partial charge in [0.1, 0.15) is 0 Å². The van der Waals surface area contributed by atoms with Crippen LogP contribution in [0.3, 0.4) is 0 Å². The zero-order valence-electron chi connectivity index (χ0n) is 18.2. The highest BCUT2D eigenvalue weighted by molar-refractivity contribution is 7.98. The second-order valence-electron chi connectivity index (χ2n) is 7.50. The van der Waals surface area contributed by atoms with Crippen molar-refractivity contribution < 1.29 is 28.7 Å². The number of Topliss-reactive ketones (excluding diaryl/α,β-unsaturated/α-hetero) is 1. The molecule has 1 aliphatic rings. The van der Waals surface area contributed by atoms with Gasteiger partial charge in [-0.1, -0.05) is 44.2 Å². The molecule has 0 aromatic heterocycles. The van der Waals surface area contributed by atoms with E-state index < -0.39 is 17.9 Å². The van der Waals surface area contributed by atoms with E-state index in [0.29, 0.717) is 40.2 Å². The number of thioether (sulfide) groups is 1. The highest BCUT2D eigenvalue weighted by Crippen LogP contribution is 2.34. The first kappa shape index (κ1) is 23.7. The van der Waals surface area contributed by atoms with Gasteiger partial charge < -0.3 is 9.47 Å². The Bertz CT molecular complexity index is 1010. The summed E-state index contributed by atoms with van der Waals surface area (Å²) in [6, 6.07) is 12.3. The van der Waals surface area contributed by atoms with Gasteiger partial charge in [-0.25, -0.2) is 0 Å². The topological polar surface area (TPSA) is 86.7 Å². The largest absolute Gasteiger partial charge is 0.465 e. The van der Waals surface area contributed by atoms with Crippen LogP contribution >= 0.6 is 11.8 Å². The lowest BCUT2D eigenvalue weighted by molar-refractivity contribution is -0.162. The Kier molecular flexibility index (Phi) is 8.22. The molecule has 3 rings (SSSR count). The van der Waals surface area contributed by atoms with Crippen LogP contribution in [0.25, 0.3) is 0 Å². The van der Waals surface area contributed by atoms with Gasteiger partial charge in [0.25, 0.3) is 0 Å². The monoisotopic (exact) mass is 454 g/mol. The maximum absolute atomic E-state index is 13.0. The predicted octanol–water partition coefficient (Wildman–Crippen LogP) is 4.62. The van der Waals surface area contributed by atoms with Crippen LogP contribution < -0.4 is 0 Å². The van der Waals surface area contributed by atoms with Crippen molar-refractivity contribution in [3.63, 3.8) is 0 Å². The highest BCUT2D eigenvalue weighted by atomic mass is 32.2. The SMILES string of the molecule is CCCOC(=O)C(CC(=O)c1ccc2c(c1)SCc1ccccc1C2=O)C(=O)OCCC. The number of carbonyl (C=O) groups is 4. The summed E-state index contributed by atoms with van der Waals surface area (Å²) in [7, 11) is 0. The van der Waals surface area contributed by atoms with Crippen LogP contribution in [-0.2, 0) is 24.8 Å². The van der Waals surface area contributed by atoms with Gasteiger partial charge in [-0.05, 0) is 30.5 Å². The molecule has 0 spiro atoms. The van der Waals surface area contributed by atoms with E-state index in [-0.39, 0.29) is 31.2 Å². The molecule has 0 fully saturated rings. The second-order valence-corrected chi connectivity index (χ2v) is 8.52. The molecule has 0 amide bonds. The number of esters is 2. The fourth-order valence-electron chi connectivity index (χ4n) is 3.34. The number of benzene rings is 2. The highest BCUT2D eigenvalue weighted by Gasteiger charge is 2.33. The zero-order chi connectivity index (χ0) is 23.1. The van der Waals surface area contributed by atoms with Gasteiger partial charge in [0.05, 0.1) is 13.2 Å². The molecule has 0 N–H and O–H groups in total.